The number of hydrogen-bond acceptors (Lipinski definition) is 1. The Labute approximate surface area is 112 Å². The molecule has 1 atom stereocenters. The topological polar surface area (TPSA) is 20.3 Å². The van der Waals surface area contributed by atoms with Crippen molar-refractivity contribution in [3.05, 3.63) is 39.8 Å². The number of hydrogen-bond donors (Lipinski definition) is 0. The largest absolute Gasteiger partial charge is 0.311 e. The van der Waals surface area contributed by atoms with Crippen molar-refractivity contribution in [2.45, 2.75) is 6.42 Å². The molecule has 0 radical (unpaired) electrons. The molecule has 1 aromatic rings. The van der Waals surface area contributed by atoms with E-state index in [9.17, 15) is 4.79 Å². The molecule has 1 fully saturated rings. The lowest BCUT2D eigenvalue weighted by atomic mass is 10.1. The molecule has 0 saturated carbocycles. The van der Waals surface area contributed by atoms with Gasteiger partial charge in [0, 0.05) is 27.8 Å². The second kappa shape index (κ2) is 4.72. The monoisotopic (exact) mass is 343 g/mol. The first-order valence-corrected chi connectivity index (χ1v) is 6.58. The van der Waals surface area contributed by atoms with E-state index < -0.39 is 0 Å². The summed E-state index contributed by atoms with van der Waals surface area (Å²) in [6.45, 7) is 4.47. The quantitative estimate of drug-likeness (QED) is 0.748. The summed E-state index contributed by atoms with van der Waals surface area (Å²) in [5.41, 5.74) is 0.928. The second-order valence-corrected chi connectivity index (χ2v) is 5.57. The molecule has 0 bridgehead atoms. The van der Waals surface area contributed by atoms with Crippen molar-refractivity contribution in [3.8, 4) is 0 Å². The number of carbonyl (C=O) groups is 1. The molecule has 1 aliphatic heterocycles. The van der Waals surface area contributed by atoms with Crippen molar-refractivity contribution in [1.29, 1.82) is 0 Å². The molecule has 4 heteroatoms. The maximum atomic E-state index is 11.8. The van der Waals surface area contributed by atoms with Gasteiger partial charge in [-0.1, -0.05) is 22.0 Å². The molecule has 2 nitrogen and oxygen atoms in total. The molecule has 1 amide bonds. The zero-order chi connectivity index (χ0) is 11.7. The van der Waals surface area contributed by atoms with E-state index in [-0.39, 0.29) is 11.8 Å². The van der Waals surface area contributed by atoms with Gasteiger partial charge >= 0.3 is 0 Å². The first-order valence-electron chi connectivity index (χ1n) is 5.00. The Hall–Kier alpha value is -0.610. The van der Waals surface area contributed by atoms with Crippen molar-refractivity contribution < 1.29 is 4.79 Å². The Balaban J connectivity index is 2.31. The minimum atomic E-state index is 0.160. The maximum absolute atomic E-state index is 11.8. The third-order valence-corrected chi connectivity index (χ3v) is 3.82. The van der Waals surface area contributed by atoms with E-state index in [1.54, 1.807) is 0 Å². The highest BCUT2D eigenvalue weighted by Crippen LogP contribution is 2.33. The molecular weight excluding hydrogens is 334 g/mol. The Morgan fingerprint density at radius 2 is 2.19 bits per heavy atom. The highest BCUT2D eigenvalue weighted by molar-refractivity contribution is 9.11. The zero-order valence-corrected chi connectivity index (χ0v) is 11.8. The summed E-state index contributed by atoms with van der Waals surface area (Å²) >= 11 is 6.87. The predicted octanol–water partition coefficient (Wildman–Crippen LogP) is 3.75. The maximum Gasteiger partial charge on any atom is 0.227 e. The standard InChI is InChI=1S/C12H11Br2NO/c1-2-8-5-12(16)15(7-8)11-4-3-9(13)6-10(11)14/h2-4,6,8H,1,5,7H2. The second-order valence-electron chi connectivity index (χ2n) is 3.80. The summed E-state index contributed by atoms with van der Waals surface area (Å²) in [6.07, 6.45) is 2.41. The van der Waals surface area contributed by atoms with E-state index in [1.807, 2.05) is 29.2 Å². The number of rotatable bonds is 2. The van der Waals surface area contributed by atoms with E-state index in [1.165, 1.54) is 0 Å². The average Bonchev–Trinajstić information content (AvgIpc) is 2.60. The van der Waals surface area contributed by atoms with Crippen LogP contribution < -0.4 is 4.90 Å². The van der Waals surface area contributed by atoms with E-state index >= 15 is 0 Å². The minimum absolute atomic E-state index is 0.160. The number of amides is 1. The Kier molecular flexibility index (Phi) is 3.50. The normalized spacial score (nSPS) is 20.2. The fraction of sp³-hybridized carbons (Fsp3) is 0.250. The lowest BCUT2D eigenvalue weighted by Gasteiger charge is -2.18. The van der Waals surface area contributed by atoms with Crippen LogP contribution in [0.15, 0.2) is 39.8 Å². The van der Waals surface area contributed by atoms with Crippen LogP contribution in [0.25, 0.3) is 0 Å². The smallest absolute Gasteiger partial charge is 0.227 e. The summed E-state index contributed by atoms with van der Waals surface area (Å²) in [7, 11) is 0. The molecule has 1 aromatic carbocycles. The average molecular weight is 345 g/mol. The molecule has 0 N–H and O–H groups in total. The molecule has 1 heterocycles. The SMILES string of the molecule is C=CC1CC(=O)N(c2ccc(Br)cc2Br)C1. The van der Waals surface area contributed by atoms with E-state index in [0.29, 0.717) is 6.42 Å². The summed E-state index contributed by atoms with van der Waals surface area (Å²) in [4.78, 5) is 13.6. The molecule has 1 saturated heterocycles. The van der Waals surface area contributed by atoms with Gasteiger partial charge in [-0.3, -0.25) is 4.79 Å². The van der Waals surface area contributed by atoms with E-state index in [0.717, 1.165) is 21.2 Å². The molecule has 1 unspecified atom stereocenters. The number of anilines is 1. The number of benzene rings is 1. The van der Waals surface area contributed by atoms with Gasteiger partial charge in [-0.25, -0.2) is 0 Å². The van der Waals surface area contributed by atoms with Crippen LogP contribution in [0.3, 0.4) is 0 Å². The van der Waals surface area contributed by atoms with Gasteiger partial charge in [0.05, 0.1) is 5.69 Å². The van der Waals surface area contributed by atoms with Gasteiger partial charge in [-0.15, -0.1) is 6.58 Å². The first kappa shape index (κ1) is 11.9. The number of halogens is 2. The van der Waals surface area contributed by atoms with Gasteiger partial charge < -0.3 is 4.90 Å². The van der Waals surface area contributed by atoms with Crippen LogP contribution in [0.5, 0.6) is 0 Å². The molecule has 84 valence electrons. The van der Waals surface area contributed by atoms with Gasteiger partial charge in [-0.05, 0) is 34.1 Å². The fourth-order valence-electron chi connectivity index (χ4n) is 1.83. The van der Waals surface area contributed by atoms with Crippen LogP contribution in [0.2, 0.25) is 0 Å². The van der Waals surface area contributed by atoms with Gasteiger partial charge in [0.1, 0.15) is 0 Å². The molecule has 0 spiro atoms. The number of nitrogens with zero attached hydrogens (tertiary/aromatic N) is 1. The lowest BCUT2D eigenvalue weighted by Crippen LogP contribution is -2.24. The summed E-state index contributed by atoms with van der Waals surface area (Å²) in [5, 5.41) is 0. The van der Waals surface area contributed by atoms with Crippen molar-refractivity contribution in [2.24, 2.45) is 5.92 Å². The minimum Gasteiger partial charge on any atom is -0.311 e. The lowest BCUT2D eigenvalue weighted by molar-refractivity contribution is -0.117. The first-order chi connectivity index (χ1) is 7.61. The third-order valence-electron chi connectivity index (χ3n) is 2.69. The van der Waals surface area contributed by atoms with Gasteiger partial charge in [0.15, 0.2) is 0 Å². The van der Waals surface area contributed by atoms with E-state index in [4.69, 9.17) is 0 Å². The van der Waals surface area contributed by atoms with Crippen LogP contribution in [0, 0.1) is 5.92 Å². The van der Waals surface area contributed by atoms with Gasteiger partial charge in [0.25, 0.3) is 0 Å². The predicted molar refractivity (Wildman–Crippen MR) is 72.5 cm³/mol. The van der Waals surface area contributed by atoms with Crippen molar-refractivity contribution in [3.63, 3.8) is 0 Å². The third kappa shape index (κ3) is 2.23. The Morgan fingerprint density at radius 3 is 2.75 bits per heavy atom. The Bertz CT molecular complexity index is 445. The highest BCUT2D eigenvalue weighted by atomic mass is 79.9. The molecular formula is C12H11Br2NO. The van der Waals surface area contributed by atoms with E-state index in [2.05, 4.69) is 38.4 Å². The van der Waals surface area contributed by atoms with Crippen LogP contribution in [-0.2, 0) is 4.79 Å². The molecule has 0 aliphatic carbocycles. The molecule has 0 aromatic heterocycles. The van der Waals surface area contributed by atoms with Crippen LogP contribution >= 0.6 is 31.9 Å². The van der Waals surface area contributed by atoms with Crippen molar-refractivity contribution >= 4 is 43.5 Å². The highest BCUT2D eigenvalue weighted by Gasteiger charge is 2.29. The van der Waals surface area contributed by atoms with Gasteiger partial charge in [-0.2, -0.15) is 0 Å². The van der Waals surface area contributed by atoms with Gasteiger partial charge in [0.2, 0.25) is 5.91 Å². The van der Waals surface area contributed by atoms with Crippen molar-refractivity contribution in [1.82, 2.24) is 0 Å². The Morgan fingerprint density at radius 1 is 1.44 bits per heavy atom. The summed E-state index contributed by atoms with van der Waals surface area (Å²) < 4.78 is 1.93. The van der Waals surface area contributed by atoms with Crippen LogP contribution in [-0.4, -0.2) is 12.5 Å². The van der Waals surface area contributed by atoms with Crippen molar-refractivity contribution in [2.75, 3.05) is 11.4 Å². The zero-order valence-electron chi connectivity index (χ0n) is 8.62. The fourth-order valence-corrected chi connectivity index (χ4v) is 3.09. The van der Waals surface area contributed by atoms with Crippen LogP contribution in [0.4, 0.5) is 5.69 Å². The molecule has 1 aliphatic rings. The molecule has 2 rings (SSSR count). The number of carbonyl (C=O) groups excluding carboxylic acids is 1. The van der Waals surface area contributed by atoms with Crippen LogP contribution in [0.1, 0.15) is 6.42 Å². The summed E-state index contributed by atoms with van der Waals surface area (Å²) in [6, 6.07) is 5.83. The summed E-state index contributed by atoms with van der Waals surface area (Å²) in [5.74, 6) is 0.427. The molecule has 16 heavy (non-hydrogen) atoms.